The number of hydrogen-bond donors (Lipinski definition) is 1. The monoisotopic (exact) mass is 518 g/mol. The first-order chi connectivity index (χ1) is 16.1. The minimum absolute atomic E-state index is 0. The van der Waals surface area contributed by atoms with Crippen molar-refractivity contribution in [2.45, 2.75) is 22.9 Å². The summed E-state index contributed by atoms with van der Waals surface area (Å²) in [5.74, 6) is 0.708. The molecule has 1 heterocycles. The van der Waals surface area contributed by atoms with E-state index in [0.717, 1.165) is 27.5 Å². The molecule has 180 valence electrons. The molecule has 0 saturated carbocycles. The summed E-state index contributed by atoms with van der Waals surface area (Å²) in [4.78, 5) is 16.7. The van der Waals surface area contributed by atoms with Crippen molar-refractivity contribution in [1.29, 1.82) is 0 Å². The molecule has 3 aromatic carbocycles. The normalized spacial score (nSPS) is 17.5. The van der Waals surface area contributed by atoms with Gasteiger partial charge in [-0.25, -0.2) is 0 Å². The summed E-state index contributed by atoms with van der Waals surface area (Å²) in [7, 11) is 3.52. The Morgan fingerprint density at radius 3 is 2.47 bits per heavy atom. The maximum absolute atomic E-state index is 13.9. The van der Waals surface area contributed by atoms with Crippen molar-refractivity contribution < 1.29 is 14.3 Å². The highest BCUT2D eigenvalue weighted by Crippen LogP contribution is 2.47. The average molecular weight is 519 g/mol. The average Bonchev–Trinajstić information content (AvgIpc) is 2.96. The topological polar surface area (TPSA) is 50.8 Å². The lowest BCUT2D eigenvalue weighted by atomic mass is 10.1. The smallest absolute Gasteiger partial charge is 0.257 e. The zero-order chi connectivity index (χ0) is 23.2. The fourth-order valence-corrected chi connectivity index (χ4v) is 5.43. The lowest BCUT2D eigenvalue weighted by molar-refractivity contribution is -0.131. The van der Waals surface area contributed by atoms with Gasteiger partial charge in [-0.3, -0.25) is 4.79 Å². The first-order valence-corrected chi connectivity index (χ1v) is 12.1. The molecule has 0 unspecified atom stereocenters. The molecule has 0 fully saturated rings. The predicted molar refractivity (Wildman–Crippen MR) is 142 cm³/mol. The van der Waals surface area contributed by atoms with Gasteiger partial charge in [0.05, 0.1) is 24.7 Å². The summed E-state index contributed by atoms with van der Waals surface area (Å²) in [5, 5.41) is 3.54. The van der Waals surface area contributed by atoms with Crippen molar-refractivity contribution in [2.75, 3.05) is 32.1 Å². The summed E-state index contributed by atoms with van der Waals surface area (Å²) in [6.45, 7) is 1.55. The lowest BCUT2D eigenvalue weighted by Gasteiger charge is -2.28. The quantitative estimate of drug-likeness (QED) is 0.411. The molecule has 0 spiro atoms. The van der Waals surface area contributed by atoms with Gasteiger partial charge in [0.25, 0.3) is 5.91 Å². The largest absolute Gasteiger partial charge is 0.497 e. The number of hydrogen-bond acceptors (Lipinski definition) is 5. The molecule has 0 radical (unpaired) electrons. The number of halogens is 2. The van der Waals surface area contributed by atoms with Gasteiger partial charge in [0.1, 0.15) is 5.75 Å². The van der Waals surface area contributed by atoms with Crippen molar-refractivity contribution >= 4 is 47.4 Å². The number of methoxy groups -OCH3 is 1. The second-order valence-electron chi connectivity index (χ2n) is 7.73. The van der Waals surface area contributed by atoms with Gasteiger partial charge < -0.3 is 19.7 Å². The number of amides is 1. The molecule has 3 aromatic rings. The number of nitrogens with one attached hydrogen (secondary N) is 1. The molecule has 1 aliphatic heterocycles. The minimum Gasteiger partial charge on any atom is -0.497 e. The minimum atomic E-state index is -0.674. The second-order valence-corrected chi connectivity index (χ2v) is 9.35. The highest BCUT2D eigenvalue weighted by Gasteiger charge is 2.39. The van der Waals surface area contributed by atoms with E-state index in [1.165, 1.54) is 0 Å². The van der Waals surface area contributed by atoms with Crippen LogP contribution in [0.25, 0.3) is 0 Å². The Labute approximate surface area is 216 Å². The Balaban J connectivity index is 0.00000324. The first-order valence-electron chi connectivity index (χ1n) is 10.8. The number of rotatable bonds is 8. The number of likely N-dealkylation sites (N-methyl/N-ethyl adjacent to an activating group) is 1. The van der Waals surface area contributed by atoms with Crippen LogP contribution >= 0.6 is 35.8 Å². The van der Waals surface area contributed by atoms with Gasteiger partial charge in [-0.15, -0.1) is 24.2 Å². The standard InChI is InChI=1S/C26H27ClN2O3S.ClH/c1-28-14-15-29-22-13-10-20(27)16-23(22)33-25(19-8-11-21(31-2)12-9-19)24(26(29)30)32-17-18-6-4-3-5-7-18;/h3-13,16,24-25,28H,14-15,17H2,1-2H3;1H/t24-,25+;/m1./s1. The number of carbonyl (C=O) groups is 1. The van der Waals surface area contributed by atoms with E-state index in [1.807, 2.05) is 84.7 Å². The predicted octanol–water partition coefficient (Wildman–Crippen LogP) is 5.76. The van der Waals surface area contributed by atoms with Crippen LogP contribution in [0, 0.1) is 0 Å². The van der Waals surface area contributed by atoms with Gasteiger partial charge in [0, 0.05) is 23.0 Å². The number of fused-ring (bicyclic) bond motifs is 1. The SMILES string of the molecule is CNCCN1C(=O)[C@H](OCc2ccccc2)[C@H](c2ccc(OC)cc2)Sc2cc(Cl)ccc21.Cl. The van der Waals surface area contributed by atoms with E-state index < -0.39 is 6.10 Å². The lowest BCUT2D eigenvalue weighted by Crippen LogP contribution is -2.44. The molecule has 0 saturated heterocycles. The van der Waals surface area contributed by atoms with Crippen molar-refractivity contribution in [3.63, 3.8) is 0 Å². The molecular formula is C26H28Cl2N2O3S. The Morgan fingerprint density at radius 1 is 1.06 bits per heavy atom. The molecule has 0 aliphatic carbocycles. The molecule has 0 bridgehead atoms. The first kappa shape index (κ1) is 26.4. The van der Waals surface area contributed by atoms with Crippen LogP contribution in [0.2, 0.25) is 5.02 Å². The Bertz CT molecular complexity index is 1080. The van der Waals surface area contributed by atoms with E-state index in [0.29, 0.717) is 24.7 Å². The molecule has 1 N–H and O–H groups in total. The third kappa shape index (κ3) is 6.06. The van der Waals surface area contributed by atoms with Crippen molar-refractivity contribution in [3.05, 3.63) is 88.9 Å². The van der Waals surface area contributed by atoms with E-state index >= 15 is 0 Å². The molecule has 5 nitrogen and oxygen atoms in total. The molecule has 1 amide bonds. The van der Waals surface area contributed by atoms with Gasteiger partial charge >= 0.3 is 0 Å². The van der Waals surface area contributed by atoms with Crippen LogP contribution in [0.15, 0.2) is 77.7 Å². The molecule has 2 atom stereocenters. The number of carbonyl (C=O) groups excluding carboxylic acids is 1. The fourth-order valence-electron chi connectivity index (χ4n) is 3.82. The van der Waals surface area contributed by atoms with Crippen LogP contribution < -0.4 is 15.0 Å². The van der Waals surface area contributed by atoms with Crippen LogP contribution in [-0.4, -0.2) is 39.3 Å². The summed E-state index contributed by atoms with van der Waals surface area (Å²) in [6.07, 6.45) is -0.674. The summed E-state index contributed by atoms with van der Waals surface area (Å²) in [6, 6.07) is 23.4. The van der Waals surface area contributed by atoms with Crippen molar-refractivity contribution in [1.82, 2.24) is 5.32 Å². The number of benzene rings is 3. The van der Waals surface area contributed by atoms with Crippen LogP contribution in [0.4, 0.5) is 5.69 Å². The summed E-state index contributed by atoms with van der Waals surface area (Å²) >= 11 is 7.96. The summed E-state index contributed by atoms with van der Waals surface area (Å²) < 4.78 is 11.7. The number of ether oxygens (including phenoxy) is 2. The zero-order valence-corrected chi connectivity index (χ0v) is 21.5. The van der Waals surface area contributed by atoms with Gasteiger partial charge in [-0.1, -0.05) is 54.1 Å². The van der Waals surface area contributed by atoms with E-state index in [-0.39, 0.29) is 23.6 Å². The number of anilines is 1. The Kier molecular flexibility index (Phi) is 9.68. The molecule has 0 aromatic heterocycles. The van der Waals surface area contributed by atoms with E-state index in [1.54, 1.807) is 18.9 Å². The highest BCUT2D eigenvalue weighted by molar-refractivity contribution is 7.99. The third-order valence-corrected chi connectivity index (χ3v) is 7.14. The fraction of sp³-hybridized carbons (Fsp3) is 0.269. The third-order valence-electron chi connectivity index (χ3n) is 5.55. The van der Waals surface area contributed by atoms with Crippen molar-refractivity contribution in [2.24, 2.45) is 0 Å². The number of thioether (sulfide) groups is 1. The zero-order valence-electron chi connectivity index (χ0n) is 19.1. The van der Waals surface area contributed by atoms with E-state index in [2.05, 4.69) is 5.32 Å². The number of nitrogens with zero attached hydrogens (tertiary/aromatic N) is 1. The Hall–Kier alpha value is -2.22. The molecular weight excluding hydrogens is 491 g/mol. The molecule has 1 aliphatic rings. The molecule has 34 heavy (non-hydrogen) atoms. The van der Waals surface area contributed by atoms with Crippen LogP contribution in [0.5, 0.6) is 5.75 Å². The van der Waals surface area contributed by atoms with Crippen molar-refractivity contribution in [3.8, 4) is 5.75 Å². The molecule has 8 heteroatoms. The van der Waals surface area contributed by atoms with E-state index in [9.17, 15) is 4.79 Å². The summed E-state index contributed by atoms with van der Waals surface area (Å²) in [5.41, 5.74) is 2.87. The van der Waals surface area contributed by atoms with Gasteiger partial charge in [-0.05, 0) is 48.5 Å². The van der Waals surface area contributed by atoms with Gasteiger partial charge in [-0.2, -0.15) is 0 Å². The maximum Gasteiger partial charge on any atom is 0.257 e. The van der Waals surface area contributed by atoms with Crippen LogP contribution in [-0.2, 0) is 16.1 Å². The second kappa shape index (κ2) is 12.5. The Morgan fingerprint density at radius 2 is 1.79 bits per heavy atom. The van der Waals surface area contributed by atoms with Gasteiger partial charge in [0.2, 0.25) is 0 Å². The highest BCUT2D eigenvalue weighted by atomic mass is 35.5. The maximum atomic E-state index is 13.9. The van der Waals surface area contributed by atoms with Gasteiger partial charge in [0.15, 0.2) is 6.10 Å². The van der Waals surface area contributed by atoms with E-state index in [4.69, 9.17) is 21.1 Å². The van der Waals surface area contributed by atoms with Crippen LogP contribution in [0.3, 0.4) is 0 Å². The van der Waals surface area contributed by atoms with Crippen LogP contribution in [0.1, 0.15) is 16.4 Å². The molecule has 4 rings (SSSR count).